The Morgan fingerprint density at radius 1 is 1.03 bits per heavy atom. The van der Waals surface area contributed by atoms with Gasteiger partial charge in [-0.1, -0.05) is 75.1 Å². The molecule has 2 aromatic rings. The number of hydrogen-bond donors (Lipinski definition) is 1. The van der Waals surface area contributed by atoms with Crippen LogP contribution in [0.5, 0.6) is 0 Å². The Balaban J connectivity index is 1.97. The molecule has 0 heterocycles. The second-order valence-electron chi connectivity index (χ2n) is 8.39. The van der Waals surface area contributed by atoms with E-state index >= 15 is 0 Å². The van der Waals surface area contributed by atoms with E-state index in [1.54, 1.807) is 0 Å². The lowest BCUT2D eigenvalue weighted by molar-refractivity contribution is -0.128. The fraction of sp³-hybridized carbons (Fsp3) is 0.462. The second-order valence-corrected chi connectivity index (χ2v) is 9.55. The van der Waals surface area contributed by atoms with Crippen molar-refractivity contribution in [1.82, 2.24) is 10.2 Å². The molecule has 0 spiro atoms. The van der Waals surface area contributed by atoms with Crippen molar-refractivity contribution < 1.29 is 9.59 Å². The van der Waals surface area contributed by atoms with E-state index < -0.39 is 6.04 Å². The number of benzene rings is 2. The van der Waals surface area contributed by atoms with E-state index in [2.05, 4.69) is 34.8 Å². The number of nitrogens with zero attached hydrogens (tertiary/aromatic N) is 1. The highest BCUT2D eigenvalue weighted by atomic mass is 127. The average molecular weight is 532 g/mol. The molecule has 2 amide bonds. The molecule has 1 aliphatic rings. The first-order chi connectivity index (χ1) is 15.1. The number of nitrogens with one attached hydrogen (secondary N) is 1. The van der Waals surface area contributed by atoms with Crippen LogP contribution in [0.3, 0.4) is 0 Å². The molecule has 1 fully saturated rings. The fourth-order valence-corrected chi connectivity index (χ4v) is 5.04. The number of carbonyl (C=O) groups excluding carboxylic acids is 2. The quantitative estimate of drug-likeness (QED) is 0.328. The number of rotatable bonds is 9. The molecule has 1 aliphatic carbocycles. The van der Waals surface area contributed by atoms with Crippen LogP contribution in [0.2, 0.25) is 0 Å². The molecule has 0 saturated heterocycles. The first kappa shape index (κ1) is 23.8. The summed E-state index contributed by atoms with van der Waals surface area (Å²) in [6.07, 6.45) is 7.44. The van der Waals surface area contributed by atoms with Gasteiger partial charge in [-0.05, 0) is 65.5 Å². The van der Waals surface area contributed by atoms with Crippen molar-refractivity contribution in [2.24, 2.45) is 5.92 Å². The monoisotopic (exact) mass is 532 g/mol. The number of carbonyl (C=O) groups is 2. The smallest absolute Gasteiger partial charge is 0.255 e. The zero-order valence-corrected chi connectivity index (χ0v) is 20.5. The molecule has 1 N–H and O–H groups in total. The van der Waals surface area contributed by atoms with Crippen LogP contribution in [0.15, 0.2) is 54.6 Å². The Bertz CT molecular complexity index is 849. The summed E-state index contributed by atoms with van der Waals surface area (Å²) in [5.41, 5.74) is 1.71. The number of hydrogen-bond acceptors (Lipinski definition) is 2. The largest absolute Gasteiger partial charge is 0.354 e. The van der Waals surface area contributed by atoms with Gasteiger partial charge in [0.25, 0.3) is 5.91 Å². The molecule has 0 bridgehead atoms. The summed E-state index contributed by atoms with van der Waals surface area (Å²) >= 11 is 2.21. The van der Waals surface area contributed by atoms with Gasteiger partial charge in [-0.3, -0.25) is 9.59 Å². The van der Waals surface area contributed by atoms with Gasteiger partial charge in [0.2, 0.25) is 5.91 Å². The van der Waals surface area contributed by atoms with Crippen LogP contribution >= 0.6 is 22.6 Å². The topological polar surface area (TPSA) is 49.4 Å². The van der Waals surface area contributed by atoms with Crippen molar-refractivity contribution >= 4 is 34.4 Å². The molecule has 4 nitrogen and oxygen atoms in total. The van der Waals surface area contributed by atoms with Crippen LogP contribution in [-0.4, -0.2) is 29.3 Å². The summed E-state index contributed by atoms with van der Waals surface area (Å²) in [7, 11) is 0. The summed E-state index contributed by atoms with van der Waals surface area (Å²) in [4.78, 5) is 29.1. The van der Waals surface area contributed by atoms with Gasteiger partial charge in [-0.25, -0.2) is 0 Å². The lowest BCUT2D eigenvalue weighted by Gasteiger charge is -2.38. The van der Waals surface area contributed by atoms with Crippen molar-refractivity contribution in [2.45, 2.75) is 64.5 Å². The van der Waals surface area contributed by atoms with Crippen molar-refractivity contribution in [2.75, 3.05) is 6.54 Å². The Morgan fingerprint density at radius 2 is 1.71 bits per heavy atom. The summed E-state index contributed by atoms with van der Waals surface area (Å²) in [6, 6.07) is 17.2. The minimum absolute atomic E-state index is 0.00410. The van der Waals surface area contributed by atoms with Crippen LogP contribution in [0.4, 0.5) is 0 Å². The van der Waals surface area contributed by atoms with Gasteiger partial charge in [-0.2, -0.15) is 0 Å². The lowest BCUT2D eigenvalue weighted by Crippen LogP contribution is -2.53. The van der Waals surface area contributed by atoms with E-state index in [4.69, 9.17) is 0 Å². The number of halogens is 1. The van der Waals surface area contributed by atoms with Gasteiger partial charge >= 0.3 is 0 Å². The van der Waals surface area contributed by atoms with Crippen molar-refractivity contribution in [3.05, 3.63) is 69.3 Å². The van der Waals surface area contributed by atoms with E-state index in [1.165, 1.54) is 6.42 Å². The maximum absolute atomic E-state index is 13.8. The number of amides is 2. The van der Waals surface area contributed by atoms with Crippen LogP contribution in [0.1, 0.15) is 67.8 Å². The second kappa shape index (κ2) is 12.2. The summed E-state index contributed by atoms with van der Waals surface area (Å²) in [5.74, 6) is 0.134. The van der Waals surface area contributed by atoms with E-state index in [0.29, 0.717) is 18.7 Å². The normalized spacial score (nSPS) is 15.3. The maximum Gasteiger partial charge on any atom is 0.255 e. The zero-order chi connectivity index (χ0) is 22.1. The molecular formula is C26H33IN2O2. The van der Waals surface area contributed by atoms with Crippen LogP contribution in [-0.2, 0) is 11.3 Å². The highest BCUT2D eigenvalue weighted by molar-refractivity contribution is 14.1. The third kappa shape index (κ3) is 6.55. The van der Waals surface area contributed by atoms with Crippen LogP contribution in [0.25, 0.3) is 0 Å². The summed E-state index contributed by atoms with van der Waals surface area (Å²) in [6.45, 7) is 3.22. The average Bonchev–Trinajstić information content (AvgIpc) is 2.80. The molecule has 1 unspecified atom stereocenters. The van der Waals surface area contributed by atoms with E-state index in [0.717, 1.165) is 47.7 Å². The maximum atomic E-state index is 13.8. The van der Waals surface area contributed by atoms with Gasteiger partial charge in [0.05, 0.1) is 5.56 Å². The molecule has 1 saturated carbocycles. The van der Waals surface area contributed by atoms with Gasteiger partial charge < -0.3 is 10.2 Å². The van der Waals surface area contributed by atoms with Crippen molar-refractivity contribution in [3.63, 3.8) is 0 Å². The summed E-state index contributed by atoms with van der Waals surface area (Å²) < 4.78 is 0.914. The van der Waals surface area contributed by atoms with Gasteiger partial charge in [-0.15, -0.1) is 0 Å². The van der Waals surface area contributed by atoms with E-state index in [-0.39, 0.29) is 17.7 Å². The molecule has 0 aliphatic heterocycles. The minimum atomic E-state index is -0.444. The van der Waals surface area contributed by atoms with E-state index in [1.807, 2.05) is 59.5 Å². The third-order valence-corrected chi connectivity index (χ3v) is 7.03. The summed E-state index contributed by atoms with van der Waals surface area (Å²) in [5, 5.41) is 3.13. The molecule has 31 heavy (non-hydrogen) atoms. The third-order valence-electron chi connectivity index (χ3n) is 6.09. The van der Waals surface area contributed by atoms with Crippen LogP contribution < -0.4 is 5.32 Å². The standard InChI is InChI=1S/C26H33IN2O2/c1-2-3-18-28-25(30)24(21-14-8-5-9-15-21)29(19-20-12-6-4-7-13-20)26(31)22-16-10-11-17-23(22)27/h4,6-7,10-13,16-17,21,24H,2-3,5,8-9,14-15,18-19H2,1H3,(H,28,30). The Morgan fingerprint density at radius 3 is 2.39 bits per heavy atom. The first-order valence-corrected chi connectivity index (χ1v) is 12.6. The predicted octanol–water partition coefficient (Wildman–Crippen LogP) is 5.80. The molecule has 3 rings (SSSR count). The Labute approximate surface area is 199 Å². The Kier molecular flexibility index (Phi) is 9.37. The zero-order valence-electron chi connectivity index (χ0n) is 18.4. The predicted molar refractivity (Wildman–Crippen MR) is 134 cm³/mol. The van der Waals surface area contributed by atoms with Crippen LogP contribution in [0, 0.1) is 9.49 Å². The molecule has 2 aromatic carbocycles. The molecule has 1 atom stereocenters. The SMILES string of the molecule is CCCCNC(=O)C(C1CCCCC1)N(Cc1ccccc1)C(=O)c1ccccc1I. The Hall–Kier alpha value is -1.89. The first-order valence-electron chi connectivity index (χ1n) is 11.5. The molecular weight excluding hydrogens is 499 g/mol. The highest BCUT2D eigenvalue weighted by Crippen LogP contribution is 2.31. The van der Waals surface area contributed by atoms with Gasteiger partial charge in [0.15, 0.2) is 0 Å². The molecule has 166 valence electrons. The fourth-order valence-electron chi connectivity index (χ4n) is 4.42. The highest BCUT2D eigenvalue weighted by Gasteiger charge is 2.37. The minimum Gasteiger partial charge on any atom is -0.354 e. The van der Waals surface area contributed by atoms with E-state index in [9.17, 15) is 9.59 Å². The van der Waals surface area contributed by atoms with Crippen molar-refractivity contribution in [3.8, 4) is 0 Å². The van der Waals surface area contributed by atoms with Gasteiger partial charge in [0.1, 0.15) is 6.04 Å². The molecule has 5 heteroatoms. The molecule has 0 radical (unpaired) electrons. The molecule has 0 aromatic heterocycles. The van der Waals surface area contributed by atoms with Gasteiger partial charge in [0, 0.05) is 16.7 Å². The lowest BCUT2D eigenvalue weighted by atomic mass is 9.82. The van der Waals surface area contributed by atoms with Crippen molar-refractivity contribution in [1.29, 1.82) is 0 Å². The number of unbranched alkanes of at least 4 members (excludes halogenated alkanes) is 1.